The zero-order valence-corrected chi connectivity index (χ0v) is 4.53. The molecule has 1 saturated heterocycles. The van der Waals surface area contributed by atoms with E-state index in [4.69, 9.17) is 9.84 Å². The Balaban J connectivity index is 2.23. The lowest BCUT2D eigenvalue weighted by Crippen LogP contribution is -2.31. The zero-order chi connectivity index (χ0) is 5.98. The molecule has 2 atom stereocenters. The maximum absolute atomic E-state index is 8.56. The molecular formula is C4H8O4. The van der Waals surface area contributed by atoms with Crippen LogP contribution in [-0.2, 0) is 14.2 Å². The summed E-state index contributed by atoms with van der Waals surface area (Å²) in [7, 11) is 0. The Morgan fingerprint density at radius 2 is 2.25 bits per heavy atom. The summed E-state index contributed by atoms with van der Waals surface area (Å²) in [6.45, 7) is 0.674. The summed E-state index contributed by atoms with van der Waals surface area (Å²) < 4.78 is 13.8. The highest BCUT2D eigenvalue weighted by Crippen LogP contribution is 2.05. The molecule has 4 nitrogen and oxygen atoms in total. The average Bonchev–Trinajstić information content (AvgIpc) is 1.64. The molecule has 0 aromatic rings. The van der Waals surface area contributed by atoms with E-state index < -0.39 is 6.48 Å². The molecule has 0 spiro atoms. The average molecular weight is 120 g/mol. The van der Waals surface area contributed by atoms with Crippen LogP contribution < -0.4 is 0 Å². The van der Waals surface area contributed by atoms with Crippen molar-refractivity contribution in [2.24, 2.45) is 0 Å². The molecule has 0 aromatic carbocycles. The van der Waals surface area contributed by atoms with Crippen molar-refractivity contribution in [3.63, 3.8) is 0 Å². The Hall–Kier alpha value is -0.160. The first-order valence-electron chi connectivity index (χ1n) is 2.36. The summed E-state index contributed by atoms with van der Waals surface area (Å²) in [5.41, 5.74) is 0. The number of hydrogen-bond donors (Lipinski definition) is 1. The highest BCUT2D eigenvalue weighted by Gasteiger charge is 2.15. The monoisotopic (exact) mass is 120 g/mol. The van der Waals surface area contributed by atoms with Gasteiger partial charge in [0.05, 0.1) is 0 Å². The Labute approximate surface area is 47.0 Å². The minimum absolute atomic E-state index is 0.0995. The van der Waals surface area contributed by atoms with Crippen molar-refractivity contribution in [3.05, 3.63) is 0 Å². The second-order valence-corrected chi connectivity index (χ2v) is 1.46. The maximum Gasteiger partial charge on any atom is 0.273 e. The molecule has 1 rings (SSSR count). The first-order chi connectivity index (χ1) is 3.79. The molecule has 0 aliphatic carbocycles. The standard InChI is InChI=1S/C4H8O4/c1-3-6-2-7-4(5)8-3/h3-5H,2H2,1H3. The smallest absolute Gasteiger partial charge is 0.273 e. The third kappa shape index (κ3) is 1.41. The Bertz CT molecular complexity index is 66.4. The first kappa shape index (κ1) is 5.97. The van der Waals surface area contributed by atoms with Crippen LogP contribution in [0.5, 0.6) is 0 Å². The van der Waals surface area contributed by atoms with E-state index >= 15 is 0 Å². The molecule has 2 unspecified atom stereocenters. The van der Waals surface area contributed by atoms with Crippen LogP contribution in [0.1, 0.15) is 6.92 Å². The van der Waals surface area contributed by atoms with Gasteiger partial charge in [0.1, 0.15) is 0 Å². The van der Waals surface area contributed by atoms with E-state index in [1.54, 1.807) is 6.92 Å². The SMILES string of the molecule is CC1OCOC(O)O1. The largest absolute Gasteiger partial charge is 0.346 e. The van der Waals surface area contributed by atoms with Crippen LogP contribution in [0.2, 0.25) is 0 Å². The van der Waals surface area contributed by atoms with Crippen LogP contribution in [0.15, 0.2) is 0 Å². The van der Waals surface area contributed by atoms with Gasteiger partial charge in [-0.25, -0.2) is 0 Å². The molecule has 0 amide bonds. The molecule has 0 saturated carbocycles. The number of hydrogen-bond acceptors (Lipinski definition) is 4. The van der Waals surface area contributed by atoms with Crippen LogP contribution >= 0.6 is 0 Å². The summed E-state index contributed by atoms with van der Waals surface area (Å²) in [5, 5.41) is 8.56. The highest BCUT2D eigenvalue weighted by molar-refractivity contribution is 4.31. The molecule has 1 N–H and O–H groups in total. The van der Waals surface area contributed by atoms with E-state index in [0.717, 1.165) is 0 Å². The predicted molar refractivity (Wildman–Crippen MR) is 23.6 cm³/mol. The maximum atomic E-state index is 8.56. The van der Waals surface area contributed by atoms with Crippen LogP contribution in [0, 0.1) is 0 Å². The van der Waals surface area contributed by atoms with Gasteiger partial charge in [0.15, 0.2) is 13.1 Å². The van der Waals surface area contributed by atoms with Crippen LogP contribution in [0.4, 0.5) is 0 Å². The molecule has 1 aliphatic heterocycles. The van der Waals surface area contributed by atoms with Gasteiger partial charge >= 0.3 is 0 Å². The summed E-state index contributed by atoms with van der Waals surface area (Å²) in [6, 6.07) is 0. The number of rotatable bonds is 0. The molecular weight excluding hydrogens is 112 g/mol. The lowest BCUT2D eigenvalue weighted by Gasteiger charge is -2.23. The van der Waals surface area contributed by atoms with Gasteiger partial charge < -0.3 is 19.3 Å². The van der Waals surface area contributed by atoms with E-state index in [1.807, 2.05) is 0 Å². The summed E-state index contributed by atoms with van der Waals surface area (Å²) >= 11 is 0. The third-order valence-electron chi connectivity index (χ3n) is 0.821. The lowest BCUT2D eigenvalue weighted by molar-refractivity contribution is -0.399. The second kappa shape index (κ2) is 2.41. The molecule has 0 radical (unpaired) electrons. The van der Waals surface area contributed by atoms with E-state index in [9.17, 15) is 0 Å². The molecule has 1 fully saturated rings. The van der Waals surface area contributed by atoms with Gasteiger partial charge in [-0.05, 0) is 6.92 Å². The van der Waals surface area contributed by atoms with Crippen molar-refractivity contribution in [1.82, 2.24) is 0 Å². The topological polar surface area (TPSA) is 47.9 Å². The molecule has 0 bridgehead atoms. The van der Waals surface area contributed by atoms with Crippen molar-refractivity contribution in [3.8, 4) is 0 Å². The van der Waals surface area contributed by atoms with Gasteiger partial charge in [0, 0.05) is 0 Å². The first-order valence-corrected chi connectivity index (χ1v) is 2.36. The van der Waals surface area contributed by atoms with Gasteiger partial charge in [0.2, 0.25) is 0 Å². The van der Waals surface area contributed by atoms with Crippen molar-refractivity contribution < 1.29 is 19.3 Å². The number of aliphatic hydroxyl groups is 1. The van der Waals surface area contributed by atoms with E-state index in [0.29, 0.717) is 0 Å². The van der Waals surface area contributed by atoms with Gasteiger partial charge in [-0.15, -0.1) is 0 Å². The number of ether oxygens (including phenoxy) is 3. The third-order valence-corrected chi connectivity index (χ3v) is 0.821. The highest BCUT2D eigenvalue weighted by atomic mass is 16.9. The van der Waals surface area contributed by atoms with Crippen molar-refractivity contribution >= 4 is 0 Å². The van der Waals surface area contributed by atoms with E-state index in [1.165, 1.54) is 0 Å². The molecule has 0 aromatic heterocycles. The van der Waals surface area contributed by atoms with E-state index in [-0.39, 0.29) is 13.1 Å². The summed E-state index contributed by atoms with van der Waals surface area (Å²) in [6.07, 6.45) is -0.362. The summed E-state index contributed by atoms with van der Waals surface area (Å²) in [5.74, 6) is 0. The molecule has 1 heterocycles. The van der Waals surface area contributed by atoms with Crippen LogP contribution in [0.3, 0.4) is 0 Å². The minimum Gasteiger partial charge on any atom is -0.346 e. The second-order valence-electron chi connectivity index (χ2n) is 1.46. The number of aliphatic hydroxyl groups excluding tert-OH is 1. The zero-order valence-electron chi connectivity index (χ0n) is 4.53. The van der Waals surface area contributed by atoms with Gasteiger partial charge in [-0.3, -0.25) is 0 Å². The fourth-order valence-electron chi connectivity index (χ4n) is 0.436. The minimum atomic E-state index is -1.11. The lowest BCUT2D eigenvalue weighted by atomic mass is 10.7. The van der Waals surface area contributed by atoms with Gasteiger partial charge in [-0.1, -0.05) is 0 Å². The van der Waals surface area contributed by atoms with Crippen LogP contribution in [-0.4, -0.2) is 24.7 Å². The van der Waals surface area contributed by atoms with Gasteiger partial charge in [0.25, 0.3) is 6.48 Å². The molecule has 8 heavy (non-hydrogen) atoms. The quantitative estimate of drug-likeness (QED) is 0.473. The van der Waals surface area contributed by atoms with Crippen LogP contribution in [0.25, 0.3) is 0 Å². The Morgan fingerprint density at radius 1 is 1.50 bits per heavy atom. The Kier molecular flexibility index (Phi) is 1.80. The fraction of sp³-hybridized carbons (Fsp3) is 1.00. The van der Waals surface area contributed by atoms with Crippen molar-refractivity contribution in [2.45, 2.75) is 19.7 Å². The summed E-state index contributed by atoms with van der Waals surface area (Å²) in [4.78, 5) is 0. The molecule has 4 heteroatoms. The van der Waals surface area contributed by atoms with Gasteiger partial charge in [-0.2, -0.15) is 0 Å². The Morgan fingerprint density at radius 3 is 2.62 bits per heavy atom. The fourth-order valence-corrected chi connectivity index (χ4v) is 0.436. The van der Waals surface area contributed by atoms with Crippen molar-refractivity contribution in [1.29, 1.82) is 0 Å². The predicted octanol–water partition coefficient (Wildman–Crippen LogP) is -0.371. The normalized spacial score (nSPS) is 39.8. The molecule has 1 aliphatic rings. The van der Waals surface area contributed by atoms with Crippen molar-refractivity contribution in [2.75, 3.05) is 6.79 Å². The molecule has 48 valence electrons. The van der Waals surface area contributed by atoms with E-state index in [2.05, 4.69) is 9.47 Å².